The molecule has 1 aromatic carbocycles. The lowest BCUT2D eigenvalue weighted by Crippen LogP contribution is -2.46. The molecule has 3 rings (SSSR count). The van der Waals surface area contributed by atoms with Crippen LogP contribution in [0, 0.1) is 5.82 Å². The largest absolute Gasteiger partial charge is 0.491 e. The number of piperidine rings is 1. The van der Waals surface area contributed by atoms with Gasteiger partial charge in [0.2, 0.25) is 0 Å². The first-order valence-corrected chi connectivity index (χ1v) is 8.03. The Bertz CT molecular complexity index is 488. The van der Waals surface area contributed by atoms with Crippen molar-refractivity contribution in [3.8, 4) is 5.75 Å². The fourth-order valence-corrected chi connectivity index (χ4v) is 3.72. The Morgan fingerprint density at radius 2 is 1.95 bits per heavy atom. The molecule has 0 saturated carbocycles. The molecule has 2 aliphatic heterocycles. The fraction of sp³-hybridized carbons (Fsp3) is 0.647. The van der Waals surface area contributed by atoms with E-state index in [0.717, 1.165) is 12.1 Å². The van der Waals surface area contributed by atoms with Crippen LogP contribution in [0.5, 0.6) is 5.75 Å². The molecule has 0 radical (unpaired) electrons. The van der Waals surface area contributed by atoms with Crippen LogP contribution in [0.4, 0.5) is 4.39 Å². The van der Waals surface area contributed by atoms with Crippen molar-refractivity contribution in [1.82, 2.24) is 10.2 Å². The van der Waals surface area contributed by atoms with Crippen LogP contribution in [0.25, 0.3) is 0 Å². The smallest absolute Gasteiger partial charge is 0.165 e. The van der Waals surface area contributed by atoms with E-state index < -0.39 is 0 Å². The molecule has 0 aliphatic carbocycles. The zero-order valence-corrected chi connectivity index (χ0v) is 14.2. The zero-order valence-electron chi connectivity index (χ0n) is 13.3. The second kappa shape index (κ2) is 7.62. The molecule has 2 bridgehead atoms. The van der Waals surface area contributed by atoms with Crippen LogP contribution in [-0.2, 0) is 6.54 Å². The number of rotatable bonds is 5. The minimum Gasteiger partial charge on any atom is -0.491 e. The lowest BCUT2D eigenvalue weighted by Gasteiger charge is -2.35. The van der Waals surface area contributed by atoms with Gasteiger partial charge in [0.25, 0.3) is 0 Å². The SMILES string of the molecule is CCOc1ccc(CN(C)C2CC3CCC(C2)N3)cc1F.Cl. The summed E-state index contributed by atoms with van der Waals surface area (Å²) in [5, 5.41) is 3.67. The summed E-state index contributed by atoms with van der Waals surface area (Å²) in [6.07, 6.45) is 5.05. The highest BCUT2D eigenvalue weighted by Crippen LogP contribution is 2.30. The van der Waals surface area contributed by atoms with Crippen LogP contribution >= 0.6 is 12.4 Å². The Labute approximate surface area is 138 Å². The van der Waals surface area contributed by atoms with E-state index in [1.807, 2.05) is 13.0 Å². The van der Waals surface area contributed by atoms with Crippen LogP contribution in [0.2, 0.25) is 0 Å². The van der Waals surface area contributed by atoms with Gasteiger partial charge in [-0.3, -0.25) is 4.90 Å². The third kappa shape index (κ3) is 3.92. The number of ether oxygens (including phenoxy) is 1. The number of halogens is 2. The second-order valence-corrected chi connectivity index (χ2v) is 6.38. The predicted molar refractivity (Wildman–Crippen MR) is 89.3 cm³/mol. The van der Waals surface area contributed by atoms with Gasteiger partial charge in [-0.2, -0.15) is 0 Å². The van der Waals surface area contributed by atoms with E-state index in [1.54, 1.807) is 12.1 Å². The predicted octanol–water partition coefficient (Wildman–Crippen LogP) is 3.36. The summed E-state index contributed by atoms with van der Waals surface area (Å²) in [6.45, 7) is 3.16. The Hall–Kier alpha value is -0.840. The van der Waals surface area contributed by atoms with Crippen molar-refractivity contribution in [1.29, 1.82) is 0 Å². The van der Waals surface area contributed by atoms with Gasteiger partial charge in [-0.1, -0.05) is 6.07 Å². The van der Waals surface area contributed by atoms with Gasteiger partial charge in [-0.25, -0.2) is 4.39 Å². The summed E-state index contributed by atoms with van der Waals surface area (Å²) < 4.78 is 19.2. The molecule has 124 valence electrons. The van der Waals surface area contributed by atoms with E-state index in [4.69, 9.17) is 4.74 Å². The van der Waals surface area contributed by atoms with E-state index in [1.165, 1.54) is 25.7 Å². The minimum atomic E-state index is -0.256. The summed E-state index contributed by atoms with van der Waals surface area (Å²) in [6, 6.07) is 7.31. The van der Waals surface area contributed by atoms with Crippen LogP contribution in [0.3, 0.4) is 0 Å². The molecule has 2 aliphatic rings. The average molecular weight is 329 g/mol. The number of fused-ring (bicyclic) bond motifs is 2. The van der Waals surface area contributed by atoms with Gasteiger partial charge in [0.1, 0.15) is 0 Å². The highest BCUT2D eigenvalue weighted by Gasteiger charge is 2.34. The van der Waals surface area contributed by atoms with Crippen LogP contribution in [0.1, 0.15) is 38.2 Å². The first-order valence-electron chi connectivity index (χ1n) is 8.03. The van der Waals surface area contributed by atoms with Gasteiger partial charge in [0.15, 0.2) is 11.6 Å². The number of nitrogens with zero attached hydrogens (tertiary/aromatic N) is 1. The monoisotopic (exact) mass is 328 g/mol. The quantitative estimate of drug-likeness (QED) is 0.897. The highest BCUT2D eigenvalue weighted by atomic mass is 35.5. The summed E-state index contributed by atoms with van der Waals surface area (Å²) in [5.41, 5.74) is 1.02. The fourth-order valence-electron chi connectivity index (χ4n) is 3.72. The molecular weight excluding hydrogens is 303 g/mol. The molecule has 22 heavy (non-hydrogen) atoms. The molecule has 2 atom stereocenters. The molecule has 2 heterocycles. The van der Waals surface area contributed by atoms with Crippen LogP contribution in [-0.4, -0.2) is 36.7 Å². The van der Waals surface area contributed by atoms with Gasteiger partial charge in [-0.05, 0) is 57.4 Å². The maximum atomic E-state index is 13.9. The molecule has 1 N–H and O–H groups in total. The Kier molecular flexibility index (Phi) is 6.07. The lowest BCUT2D eigenvalue weighted by molar-refractivity contribution is 0.165. The Morgan fingerprint density at radius 3 is 2.55 bits per heavy atom. The molecule has 0 spiro atoms. The highest BCUT2D eigenvalue weighted by molar-refractivity contribution is 5.85. The van der Waals surface area contributed by atoms with Gasteiger partial charge >= 0.3 is 0 Å². The van der Waals surface area contributed by atoms with E-state index in [9.17, 15) is 4.39 Å². The normalized spacial score (nSPS) is 26.8. The number of hydrogen-bond acceptors (Lipinski definition) is 3. The van der Waals surface area contributed by atoms with Crippen LogP contribution < -0.4 is 10.1 Å². The van der Waals surface area contributed by atoms with Gasteiger partial charge < -0.3 is 10.1 Å². The second-order valence-electron chi connectivity index (χ2n) is 6.38. The maximum absolute atomic E-state index is 13.9. The van der Waals surface area contributed by atoms with Crippen molar-refractivity contribution in [2.45, 2.75) is 57.3 Å². The number of hydrogen-bond donors (Lipinski definition) is 1. The van der Waals surface area contributed by atoms with Crippen molar-refractivity contribution >= 4 is 12.4 Å². The van der Waals surface area contributed by atoms with Gasteiger partial charge in [-0.15, -0.1) is 12.4 Å². The summed E-state index contributed by atoms with van der Waals surface area (Å²) >= 11 is 0. The molecular formula is C17H26ClFN2O. The Morgan fingerprint density at radius 1 is 1.27 bits per heavy atom. The van der Waals surface area contributed by atoms with Gasteiger partial charge in [0.05, 0.1) is 6.61 Å². The Balaban J connectivity index is 0.00000176. The zero-order chi connectivity index (χ0) is 14.8. The molecule has 0 amide bonds. The number of nitrogens with one attached hydrogen (secondary N) is 1. The third-order valence-corrected chi connectivity index (χ3v) is 4.80. The van der Waals surface area contributed by atoms with E-state index in [-0.39, 0.29) is 18.2 Å². The number of benzene rings is 1. The minimum absolute atomic E-state index is 0. The average Bonchev–Trinajstić information content (AvgIpc) is 2.80. The van der Waals surface area contributed by atoms with Crippen molar-refractivity contribution in [2.24, 2.45) is 0 Å². The molecule has 2 unspecified atom stereocenters. The first-order chi connectivity index (χ1) is 10.2. The van der Waals surface area contributed by atoms with Crippen molar-refractivity contribution in [3.05, 3.63) is 29.6 Å². The molecule has 3 nitrogen and oxygen atoms in total. The molecule has 2 fully saturated rings. The van der Waals surface area contributed by atoms with Crippen molar-refractivity contribution < 1.29 is 9.13 Å². The third-order valence-electron chi connectivity index (χ3n) is 4.80. The van der Waals surface area contributed by atoms with Crippen LogP contribution in [0.15, 0.2) is 18.2 Å². The lowest BCUT2D eigenvalue weighted by atomic mass is 9.98. The van der Waals surface area contributed by atoms with E-state index in [2.05, 4.69) is 17.3 Å². The van der Waals surface area contributed by atoms with Crippen molar-refractivity contribution in [2.75, 3.05) is 13.7 Å². The summed E-state index contributed by atoms with van der Waals surface area (Å²) in [7, 11) is 2.16. The maximum Gasteiger partial charge on any atom is 0.165 e. The standard InChI is InChI=1S/C17H25FN2O.ClH/c1-3-21-17-7-4-12(8-16(17)18)11-20(2)15-9-13-5-6-14(10-15)19-13;/h4,7-8,13-15,19H,3,5-6,9-11H2,1-2H3;1H. The summed E-state index contributed by atoms with van der Waals surface area (Å²) in [4.78, 5) is 2.38. The molecule has 1 aromatic rings. The molecule has 0 aromatic heterocycles. The van der Waals surface area contributed by atoms with E-state index >= 15 is 0 Å². The van der Waals surface area contributed by atoms with Gasteiger partial charge in [0, 0.05) is 24.7 Å². The van der Waals surface area contributed by atoms with Crippen molar-refractivity contribution in [3.63, 3.8) is 0 Å². The first kappa shape index (κ1) is 17.5. The molecule has 5 heteroatoms. The molecule has 2 saturated heterocycles. The van der Waals surface area contributed by atoms with E-state index in [0.29, 0.717) is 30.5 Å². The topological polar surface area (TPSA) is 24.5 Å². The summed E-state index contributed by atoms with van der Waals surface area (Å²) in [5.74, 6) is 0.0944.